The quantitative estimate of drug-likeness (QED) is 0.0713. The van der Waals surface area contributed by atoms with Crippen molar-refractivity contribution in [3.63, 3.8) is 0 Å². The highest BCUT2D eigenvalue weighted by molar-refractivity contribution is 7.93. The lowest BCUT2D eigenvalue weighted by Crippen LogP contribution is -2.36. The highest BCUT2D eigenvalue weighted by Crippen LogP contribution is 2.60. The van der Waals surface area contributed by atoms with Gasteiger partial charge in [0, 0.05) is 34.9 Å². The van der Waals surface area contributed by atoms with Crippen LogP contribution in [0.1, 0.15) is 90.1 Å². The molecule has 3 aromatic heterocycles. The monoisotopic (exact) mass is 1050 g/mol. The van der Waals surface area contributed by atoms with Gasteiger partial charge in [-0.3, -0.25) is 18.9 Å². The first-order valence-electron chi connectivity index (χ1n) is 21.5. The number of hydrogen-bond acceptors (Lipinski definition) is 8. The van der Waals surface area contributed by atoms with Gasteiger partial charge < -0.3 is 5.32 Å². The molecule has 25 heteroatoms. The van der Waals surface area contributed by atoms with Gasteiger partial charge in [0.25, 0.3) is 5.92 Å². The zero-order valence-corrected chi connectivity index (χ0v) is 39.1. The lowest BCUT2D eigenvalue weighted by Gasteiger charge is -2.28. The van der Waals surface area contributed by atoms with E-state index in [2.05, 4.69) is 32.1 Å². The van der Waals surface area contributed by atoms with Gasteiger partial charge in [-0.15, -0.1) is 0 Å². The molecule has 1 fully saturated rings. The molecule has 0 radical (unpaired) electrons. The van der Waals surface area contributed by atoms with Gasteiger partial charge >= 0.3 is 12.4 Å². The summed E-state index contributed by atoms with van der Waals surface area (Å²) < 4.78 is 201. The Morgan fingerprint density at radius 3 is 2.23 bits per heavy atom. The molecule has 2 aromatic carbocycles. The summed E-state index contributed by atoms with van der Waals surface area (Å²) >= 11 is 6.67. The summed E-state index contributed by atoms with van der Waals surface area (Å²) in [5.41, 5.74) is -3.97. The number of benzene rings is 2. The number of pyridine rings is 1. The van der Waals surface area contributed by atoms with Gasteiger partial charge in [-0.05, 0) is 93.2 Å². The fraction of sp³-hybridized carbons (Fsp3) is 0.422. The number of sulfone groups is 1. The van der Waals surface area contributed by atoms with Crippen molar-refractivity contribution in [1.82, 2.24) is 29.9 Å². The number of allylic oxidation sites excluding steroid dienone is 2. The summed E-state index contributed by atoms with van der Waals surface area (Å²) in [5, 5.41) is 8.64. The molecule has 0 unspecified atom stereocenters. The number of nitrogens with one attached hydrogen (secondary N) is 2. The van der Waals surface area contributed by atoms with Crippen LogP contribution in [0.4, 0.5) is 49.7 Å². The number of carbonyl (C=O) groups is 1. The number of alkyl halides is 8. The third kappa shape index (κ3) is 8.90. The molecule has 70 heavy (non-hydrogen) atoms. The predicted octanol–water partition coefficient (Wildman–Crippen LogP) is 8.85. The average molecular weight is 1050 g/mol. The molecule has 9 rings (SSSR count). The van der Waals surface area contributed by atoms with Gasteiger partial charge in [0.05, 0.1) is 38.8 Å². The molecule has 0 saturated heterocycles. The van der Waals surface area contributed by atoms with E-state index in [0.717, 1.165) is 30.5 Å². The SMILES string of the molecule is CC(C)(C#Cc1nc([C@H](Cc2cc(F)cc(F)c2)NC(=O)Cn2nc(C(F)(F)F)c3c2C(F)(F)[C@@H]2C=C[C@H]32)c(-c2ccc(Cl)c3c(NS(=O)(=O)C4CC4)nn(CC(F)(F)F)c23)c2c1CCC2)S(C)(=O)=O. The highest BCUT2D eigenvalue weighted by atomic mass is 35.5. The van der Waals surface area contributed by atoms with E-state index in [9.17, 15) is 56.8 Å². The Morgan fingerprint density at radius 1 is 0.957 bits per heavy atom. The predicted molar refractivity (Wildman–Crippen MR) is 235 cm³/mol. The first-order valence-corrected chi connectivity index (χ1v) is 25.3. The maximum absolute atomic E-state index is 15.8. The van der Waals surface area contributed by atoms with E-state index < -0.39 is 126 Å². The van der Waals surface area contributed by atoms with E-state index in [4.69, 9.17) is 16.6 Å². The number of nitrogens with zero attached hydrogens (tertiary/aromatic N) is 5. The van der Waals surface area contributed by atoms with Crippen LogP contribution in [0, 0.1) is 29.4 Å². The normalized spacial score (nSPS) is 19.0. The van der Waals surface area contributed by atoms with Crippen LogP contribution in [-0.2, 0) is 69.1 Å². The molecule has 0 aliphatic heterocycles. The number of amides is 1. The van der Waals surface area contributed by atoms with Crippen molar-refractivity contribution in [2.75, 3.05) is 11.0 Å². The Kier molecular flexibility index (Phi) is 11.8. The number of halogens is 11. The van der Waals surface area contributed by atoms with Crippen LogP contribution < -0.4 is 10.0 Å². The largest absolute Gasteiger partial charge is 0.435 e. The fourth-order valence-electron chi connectivity index (χ4n) is 9.21. The van der Waals surface area contributed by atoms with Gasteiger partial charge in [-0.2, -0.15) is 45.3 Å². The molecular formula is C45H38ClF10N7O5S2. The zero-order chi connectivity index (χ0) is 50.8. The Bertz CT molecular complexity index is 3350. The van der Waals surface area contributed by atoms with E-state index in [1.54, 1.807) is 0 Å². The summed E-state index contributed by atoms with van der Waals surface area (Å²) in [6.07, 6.45) is -6.45. The standard InChI is InChI=1S/C45H38ClF10N7O5S2/c1-42(2,69(3,65)66)14-13-31-25-5-4-6-26(25)34(28-10-12-30(46)36-38(28)63(20-43(49,50)51)60-41(36)61-70(67,68)24-7-8-24)37(58-31)32(17-21-15-22(47)18-23(48)16-21)57-33(64)19-62-40-35(39(59-62)45(54,55)56)27-9-11-29(27)44(40,52)53/h9-12,15-16,18,24,27,29,32H,4-8,17,19-20H2,1-3H3,(H,57,64)(H,60,61)/t27-,29+,32-/m0/s1. The Labute approximate surface area is 397 Å². The third-order valence-electron chi connectivity index (χ3n) is 12.9. The third-order valence-corrected chi connectivity index (χ3v) is 17.0. The topological polar surface area (TPSA) is 158 Å². The minimum Gasteiger partial charge on any atom is -0.346 e. The summed E-state index contributed by atoms with van der Waals surface area (Å²) in [4.78, 5) is 19.2. The molecule has 0 bridgehead atoms. The second-order valence-electron chi connectivity index (χ2n) is 18.3. The van der Waals surface area contributed by atoms with E-state index >= 15 is 8.78 Å². The molecule has 4 aliphatic rings. The Hall–Kier alpha value is -5.67. The van der Waals surface area contributed by atoms with Crippen LogP contribution >= 0.6 is 11.6 Å². The number of hydrogen-bond donors (Lipinski definition) is 2. The van der Waals surface area contributed by atoms with Crippen LogP contribution in [0.25, 0.3) is 22.0 Å². The summed E-state index contributed by atoms with van der Waals surface area (Å²) in [5.74, 6) is -5.44. The van der Waals surface area contributed by atoms with Crippen molar-refractivity contribution >= 4 is 54.1 Å². The number of sulfonamides is 1. The van der Waals surface area contributed by atoms with Gasteiger partial charge in [0.1, 0.15) is 40.9 Å². The Morgan fingerprint density at radius 2 is 1.63 bits per heavy atom. The van der Waals surface area contributed by atoms with E-state index in [-0.39, 0.29) is 74.4 Å². The second-order valence-corrected chi connectivity index (χ2v) is 23.2. The van der Waals surface area contributed by atoms with Crippen molar-refractivity contribution in [3.8, 4) is 23.0 Å². The average Bonchev–Trinajstić information content (AvgIpc) is 3.65. The molecule has 4 aliphatic carbocycles. The number of fused-ring (bicyclic) bond motifs is 5. The molecule has 3 heterocycles. The lowest BCUT2D eigenvalue weighted by atomic mass is 9.81. The molecule has 5 aromatic rings. The summed E-state index contributed by atoms with van der Waals surface area (Å²) in [7, 11) is -8.06. The molecule has 0 spiro atoms. The van der Waals surface area contributed by atoms with E-state index in [1.165, 1.54) is 26.0 Å². The lowest BCUT2D eigenvalue weighted by molar-refractivity contribution is -0.143. The minimum atomic E-state index is -5.23. The molecule has 1 saturated carbocycles. The Balaban J connectivity index is 1.29. The van der Waals surface area contributed by atoms with Gasteiger partial charge in [-0.25, -0.2) is 30.6 Å². The van der Waals surface area contributed by atoms with E-state index in [1.807, 2.05) is 0 Å². The maximum Gasteiger partial charge on any atom is 0.435 e. The molecule has 3 atom stereocenters. The van der Waals surface area contributed by atoms with Gasteiger partial charge in [-0.1, -0.05) is 35.7 Å². The summed E-state index contributed by atoms with van der Waals surface area (Å²) in [6, 6.07) is 3.12. The van der Waals surface area contributed by atoms with Crippen LogP contribution in [0.3, 0.4) is 0 Å². The second kappa shape index (κ2) is 16.7. The van der Waals surface area contributed by atoms with E-state index in [0.29, 0.717) is 28.3 Å². The van der Waals surface area contributed by atoms with Crippen LogP contribution in [0.2, 0.25) is 5.02 Å². The molecule has 12 nitrogen and oxygen atoms in total. The molecule has 1 amide bonds. The van der Waals surface area contributed by atoms with Crippen LogP contribution in [0.15, 0.2) is 42.5 Å². The number of aromatic nitrogens is 5. The first kappa shape index (κ1) is 49.3. The fourth-order valence-corrected chi connectivity index (χ4v) is 11.0. The van der Waals surface area contributed by atoms with Crippen molar-refractivity contribution in [3.05, 3.63) is 104 Å². The maximum atomic E-state index is 15.8. The van der Waals surface area contributed by atoms with Crippen molar-refractivity contribution < 1.29 is 65.5 Å². The minimum absolute atomic E-state index is 0.0299. The van der Waals surface area contributed by atoms with Crippen LogP contribution in [0.5, 0.6) is 0 Å². The number of rotatable bonds is 12. The first-order chi connectivity index (χ1) is 32.4. The number of carbonyl (C=O) groups excluding carboxylic acids is 1. The molecule has 2 N–H and O–H groups in total. The van der Waals surface area contributed by atoms with Gasteiger partial charge in [0.2, 0.25) is 15.9 Å². The smallest absolute Gasteiger partial charge is 0.346 e. The van der Waals surface area contributed by atoms with Crippen molar-refractivity contribution in [2.24, 2.45) is 5.92 Å². The van der Waals surface area contributed by atoms with Crippen LogP contribution in [-0.4, -0.2) is 69.7 Å². The summed E-state index contributed by atoms with van der Waals surface area (Å²) in [6.45, 7) is -0.440. The van der Waals surface area contributed by atoms with Crippen molar-refractivity contribution in [2.45, 2.75) is 106 Å². The molecule has 372 valence electrons. The van der Waals surface area contributed by atoms with Crippen molar-refractivity contribution in [1.29, 1.82) is 0 Å². The highest BCUT2D eigenvalue weighted by Gasteiger charge is 2.61. The van der Waals surface area contributed by atoms with Gasteiger partial charge in [0.15, 0.2) is 21.3 Å². The molecular weight excluding hydrogens is 1010 g/mol. The number of anilines is 1. The zero-order valence-electron chi connectivity index (χ0n) is 36.8.